The molecule has 3 rings (SSSR count). The van der Waals surface area contributed by atoms with Gasteiger partial charge in [0, 0.05) is 18.5 Å². The van der Waals surface area contributed by atoms with Crippen molar-refractivity contribution in [1.82, 2.24) is 4.90 Å². The highest BCUT2D eigenvalue weighted by Crippen LogP contribution is 2.67. The van der Waals surface area contributed by atoms with Crippen LogP contribution in [0.5, 0.6) is 0 Å². The van der Waals surface area contributed by atoms with Crippen LogP contribution in [0.25, 0.3) is 0 Å². The molecule has 0 heterocycles. The second-order valence-electron chi connectivity index (χ2n) is 6.86. The maximum atomic E-state index is 13.7. The van der Waals surface area contributed by atoms with E-state index in [0.29, 0.717) is 19.5 Å². The van der Waals surface area contributed by atoms with E-state index in [2.05, 4.69) is 19.7 Å². The molecule has 1 unspecified atom stereocenters. The molecule has 1 aliphatic rings. The minimum atomic E-state index is -0.629. The molecule has 132 valence electrons. The Morgan fingerprint density at radius 2 is 1.54 bits per heavy atom. The van der Waals surface area contributed by atoms with Gasteiger partial charge in [0.15, 0.2) is 0 Å². The van der Waals surface area contributed by atoms with Crippen molar-refractivity contribution >= 4 is 5.91 Å². The topological polar surface area (TPSA) is 20.3 Å². The van der Waals surface area contributed by atoms with Crippen LogP contribution in [0.2, 0.25) is 0 Å². The van der Waals surface area contributed by atoms with Crippen molar-refractivity contribution in [2.24, 2.45) is 5.41 Å². The SMILES string of the molecule is C=CCN(Cc1ccccc1)C(=O)C1(c2ccccc2)CC1(C=C)C=C. The number of hydrogen-bond acceptors (Lipinski definition) is 1. The van der Waals surface area contributed by atoms with Crippen molar-refractivity contribution in [2.75, 3.05) is 6.54 Å². The lowest BCUT2D eigenvalue weighted by atomic mass is 9.84. The Hall–Kier alpha value is -2.87. The van der Waals surface area contributed by atoms with Crippen LogP contribution in [-0.2, 0) is 16.8 Å². The van der Waals surface area contributed by atoms with Gasteiger partial charge in [0.1, 0.15) is 0 Å². The molecule has 2 aromatic rings. The Balaban J connectivity index is 2.00. The van der Waals surface area contributed by atoms with E-state index in [0.717, 1.165) is 11.1 Å². The average molecular weight is 343 g/mol. The second kappa shape index (κ2) is 7.17. The quantitative estimate of drug-likeness (QED) is 0.624. The van der Waals surface area contributed by atoms with Crippen LogP contribution in [0, 0.1) is 5.41 Å². The molecule has 26 heavy (non-hydrogen) atoms. The van der Waals surface area contributed by atoms with E-state index in [1.807, 2.05) is 77.7 Å². The normalized spacial score (nSPS) is 20.0. The maximum absolute atomic E-state index is 13.7. The van der Waals surface area contributed by atoms with E-state index >= 15 is 0 Å². The van der Waals surface area contributed by atoms with Crippen LogP contribution in [0.3, 0.4) is 0 Å². The molecule has 2 heteroatoms. The van der Waals surface area contributed by atoms with Crippen molar-refractivity contribution in [3.05, 3.63) is 110 Å². The van der Waals surface area contributed by atoms with Gasteiger partial charge in [-0.25, -0.2) is 0 Å². The summed E-state index contributed by atoms with van der Waals surface area (Å²) in [5.74, 6) is 0.104. The highest BCUT2D eigenvalue weighted by atomic mass is 16.2. The third kappa shape index (κ3) is 2.82. The Morgan fingerprint density at radius 3 is 2.04 bits per heavy atom. The number of amides is 1. The Labute approximate surface area is 156 Å². The standard InChI is InChI=1S/C24H25NO/c1-4-17-25(18-20-13-9-7-10-14-20)22(26)24(19-23(24,5-2)6-3)21-15-11-8-12-16-21/h4-16H,1-3,17-19H2. The minimum Gasteiger partial charge on any atom is -0.334 e. The highest BCUT2D eigenvalue weighted by molar-refractivity contribution is 5.94. The summed E-state index contributed by atoms with van der Waals surface area (Å²) in [6, 6.07) is 20.0. The van der Waals surface area contributed by atoms with Gasteiger partial charge in [-0.2, -0.15) is 0 Å². The van der Waals surface area contributed by atoms with E-state index in [9.17, 15) is 4.79 Å². The summed E-state index contributed by atoms with van der Waals surface area (Å²) in [6.07, 6.45) is 6.24. The van der Waals surface area contributed by atoms with E-state index in [1.165, 1.54) is 0 Å². The maximum Gasteiger partial charge on any atom is 0.235 e. The second-order valence-corrected chi connectivity index (χ2v) is 6.86. The summed E-state index contributed by atoms with van der Waals surface area (Å²) < 4.78 is 0. The number of carbonyl (C=O) groups excluding carboxylic acids is 1. The van der Waals surface area contributed by atoms with Crippen LogP contribution in [0.15, 0.2) is 98.6 Å². The predicted molar refractivity (Wildman–Crippen MR) is 108 cm³/mol. The molecule has 1 saturated carbocycles. The van der Waals surface area contributed by atoms with E-state index in [-0.39, 0.29) is 5.91 Å². The molecular weight excluding hydrogens is 318 g/mol. The molecule has 2 aromatic carbocycles. The number of nitrogens with zero attached hydrogens (tertiary/aromatic N) is 1. The molecule has 1 amide bonds. The van der Waals surface area contributed by atoms with Crippen molar-refractivity contribution in [3.63, 3.8) is 0 Å². The first-order chi connectivity index (χ1) is 12.6. The third-order valence-electron chi connectivity index (χ3n) is 5.44. The lowest BCUT2D eigenvalue weighted by Crippen LogP contribution is -2.41. The molecule has 0 aliphatic heterocycles. The summed E-state index contributed by atoms with van der Waals surface area (Å²) in [7, 11) is 0. The van der Waals surface area contributed by atoms with Crippen molar-refractivity contribution in [3.8, 4) is 0 Å². The number of allylic oxidation sites excluding steroid dienone is 2. The number of rotatable bonds is 8. The van der Waals surface area contributed by atoms with E-state index < -0.39 is 10.8 Å². The van der Waals surface area contributed by atoms with Crippen LogP contribution in [0.4, 0.5) is 0 Å². The van der Waals surface area contributed by atoms with Gasteiger partial charge >= 0.3 is 0 Å². The zero-order chi connectivity index (χ0) is 18.6. The smallest absolute Gasteiger partial charge is 0.235 e. The monoisotopic (exact) mass is 343 g/mol. The van der Waals surface area contributed by atoms with Crippen molar-refractivity contribution in [1.29, 1.82) is 0 Å². The molecule has 1 aliphatic carbocycles. The highest BCUT2D eigenvalue weighted by Gasteiger charge is 2.70. The average Bonchev–Trinajstić information content (AvgIpc) is 3.39. The third-order valence-corrected chi connectivity index (χ3v) is 5.44. The van der Waals surface area contributed by atoms with Crippen LogP contribution >= 0.6 is 0 Å². The van der Waals surface area contributed by atoms with Gasteiger partial charge in [-0.3, -0.25) is 4.79 Å². The summed E-state index contributed by atoms with van der Waals surface area (Å²) in [5.41, 5.74) is 1.10. The van der Waals surface area contributed by atoms with Gasteiger partial charge in [-0.1, -0.05) is 78.9 Å². The molecule has 0 spiro atoms. The lowest BCUT2D eigenvalue weighted by Gasteiger charge is -2.29. The van der Waals surface area contributed by atoms with Crippen molar-refractivity contribution < 1.29 is 4.79 Å². The van der Waals surface area contributed by atoms with Crippen molar-refractivity contribution in [2.45, 2.75) is 18.4 Å². The van der Waals surface area contributed by atoms with Gasteiger partial charge < -0.3 is 4.90 Å². The Bertz CT molecular complexity index is 801. The van der Waals surface area contributed by atoms with Crippen LogP contribution in [-0.4, -0.2) is 17.4 Å². The van der Waals surface area contributed by atoms with Crippen LogP contribution < -0.4 is 0 Å². The predicted octanol–water partition coefficient (Wildman–Crippen LogP) is 4.90. The molecule has 0 aromatic heterocycles. The van der Waals surface area contributed by atoms with E-state index in [4.69, 9.17) is 0 Å². The Kier molecular flexibility index (Phi) is 4.94. The molecular formula is C24H25NO. The first-order valence-corrected chi connectivity index (χ1v) is 8.90. The first-order valence-electron chi connectivity index (χ1n) is 8.90. The van der Waals surface area contributed by atoms with Gasteiger partial charge in [0.05, 0.1) is 5.41 Å². The molecule has 2 nitrogen and oxygen atoms in total. The Morgan fingerprint density at radius 1 is 0.962 bits per heavy atom. The number of benzene rings is 2. The molecule has 1 atom stereocenters. The molecule has 0 N–H and O–H groups in total. The lowest BCUT2D eigenvalue weighted by molar-refractivity contribution is -0.134. The van der Waals surface area contributed by atoms with Gasteiger partial charge in [0.2, 0.25) is 5.91 Å². The molecule has 0 saturated heterocycles. The fourth-order valence-corrected chi connectivity index (χ4v) is 3.91. The summed E-state index contributed by atoms with van der Waals surface area (Å²) in [6.45, 7) is 12.9. The fourth-order valence-electron chi connectivity index (χ4n) is 3.91. The van der Waals surface area contributed by atoms with Gasteiger partial charge in [-0.15, -0.1) is 19.7 Å². The molecule has 0 bridgehead atoms. The summed E-state index contributed by atoms with van der Waals surface area (Å²) in [5, 5.41) is 0. The largest absolute Gasteiger partial charge is 0.334 e. The summed E-state index contributed by atoms with van der Waals surface area (Å²) >= 11 is 0. The number of hydrogen-bond donors (Lipinski definition) is 0. The van der Waals surface area contributed by atoms with E-state index in [1.54, 1.807) is 6.08 Å². The molecule has 0 radical (unpaired) electrons. The van der Waals surface area contributed by atoms with Gasteiger partial charge in [-0.05, 0) is 17.5 Å². The minimum absolute atomic E-state index is 0.104. The van der Waals surface area contributed by atoms with Gasteiger partial charge in [0.25, 0.3) is 0 Å². The number of carbonyl (C=O) groups is 1. The summed E-state index contributed by atoms with van der Waals surface area (Å²) in [4.78, 5) is 15.6. The zero-order valence-electron chi connectivity index (χ0n) is 15.1. The molecule has 1 fully saturated rings. The zero-order valence-corrected chi connectivity index (χ0v) is 15.1. The first kappa shape index (κ1) is 17.9. The fraction of sp³-hybridized carbons (Fsp3) is 0.208. The van der Waals surface area contributed by atoms with Crippen LogP contribution in [0.1, 0.15) is 17.5 Å².